The van der Waals surface area contributed by atoms with Crippen molar-refractivity contribution in [3.8, 4) is 11.7 Å². The van der Waals surface area contributed by atoms with Crippen LogP contribution in [0, 0.1) is 0 Å². The van der Waals surface area contributed by atoms with Crippen molar-refractivity contribution >= 4 is 31.7 Å². The number of sulfonamides is 1. The Morgan fingerprint density at radius 1 is 1.10 bits per heavy atom. The summed E-state index contributed by atoms with van der Waals surface area (Å²) in [5.74, 6) is -0.294. The Bertz CT molecular complexity index is 1170. The molecule has 0 fully saturated rings. The number of halogens is 1. The molecular formula is C16H18ClN5O5S2. The lowest BCUT2D eigenvalue weighted by Gasteiger charge is -2.20. The molecule has 0 atom stereocenters. The van der Waals surface area contributed by atoms with Crippen molar-refractivity contribution in [2.45, 2.75) is 19.3 Å². The largest absolute Gasteiger partial charge is 0.361 e. The minimum Gasteiger partial charge on any atom is -0.361 e. The molecule has 3 heterocycles. The van der Waals surface area contributed by atoms with Gasteiger partial charge in [0.05, 0.1) is 18.2 Å². The standard InChI is InChI=1S/C16H18ClN5O5S2/c1-4-12-15(11-7-9-21(10-8-11)28(2,23)24)16(27-29(3,25)26)22(20-12)14-6-5-13(17)18-19-14/h5-11H,4H2,1-3H3. The zero-order valence-corrected chi connectivity index (χ0v) is 18.1. The molecule has 0 bridgehead atoms. The van der Waals surface area contributed by atoms with Gasteiger partial charge in [-0.25, -0.2) is 8.42 Å². The number of allylic oxidation sites excluding steroid dienone is 2. The summed E-state index contributed by atoms with van der Waals surface area (Å²) >= 11 is 5.78. The number of aryl methyl sites for hydroxylation is 1. The number of hydrogen-bond acceptors (Lipinski definition) is 8. The molecule has 0 saturated carbocycles. The molecule has 0 radical (unpaired) electrons. The fourth-order valence-electron chi connectivity index (χ4n) is 2.74. The van der Waals surface area contributed by atoms with Gasteiger partial charge >= 0.3 is 10.1 Å². The Morgan fingerprint density at radius 2 is 1.76 bits per heavy atom. The number of aromatic nitrogens is 4. The van der Waals surface area contributed by atoms with Crippen LogP contribution in [0.2, 0.25) is 5.15 Å². The molecule has 2 aromatic rings. The first-order valence-corrected chi connectivity index (χ1v) is 12.4. The second-order valence-corrected chi connectivity index (χ2v) is 10.1. The van der Waals surface area contributed by atoms with Crippen molar-refractivity contribution in [2.75, 3.05) is 12.5 Å². The van der Waals surface area contributed by atoms with E-state index in [0.29, 0.717) is 17.7 Å². The van der Waals surface area contributed by atoms with Gasteiger partial charge in [0, 0.05) is 23.9 Å². The summed E-state index contributed by atoms with van der Waals surface area (Å²) in [7, 11) is -7.34. The van der Waals surface area contributed by atoms with Gasteiger partial charge in [-0.3, -0.25) is 4.31 Å². The Kier molecular flexibility index (Phi) is 5.70. The van der Waals surface area contributed by atoms with Crippen LogP contribution in [0.15, 0.2) is 36.7 Å². The van der Waals surface area contributed by atoms with Gasteiger partial charge < -0.3 is 4.18 Å². The second kappa shape index (κ2) is 7.76. The maximum absolute atomic E-state index is 11.9. The first kappa shape index (κ1) is 21.3. The third kappa shape index (κ3) is 4.77. The fraction of sp³-hybridized carbons (Fsp3) is 0.312. The van der Waals surface area contributed by atoms with Crippen LogP contribution in [0.1, 0.15) is 24.1 Å². The molecule has 0 aromatic carbocycles. The summed E-state index contributed by atoms with van der Waals surface area (Å²) in [5.41, 5.74) is 1.04. The molecule has 0 aliphatic carbocycles. The topological polar surface area (TPSA) is 124 Å². The van der Waals surface area contributed by atoms with E-state index in [-0.39, 0.29) is 16.9 Å². The lowest BCUT2D eigenvalue weighted by molar-refractivity contribution is 0.466. The molecule has 156 valence electrons. The highest BCUT2D eigenvalue weighted by Crippen LogP contribution is 2.36. The monoisotopic (exact) mass is 459 g/mol. The van der Waals surface area contributed by atoms with Crippen molar-refractivity contribution in [3.63, 3.8) is 0 Å². The molecule has 29 heavy (non-hydrogen) atoms. The van der Waals surface area contributed by atoms with E-state index in [1.807, 2.05) is 6.92 Å². The van der Waals surface area contributed by atoms with E-state index in [4.69, 9.17) is 15.8 Å². The van der Waals surface area contributed by atoms with Gasteiger partial charge in [0.15, 0.2) is 11.0 Å². The van der Waals surface area contributed by atoms with Crippen LogP contribution in [0.3, 0.4) is 0 Å². The molecule has 13 heteroatoms. The Hall–Kier alpha value is -2.44. The van der Waals surface area contributed by atoms with Crippen molar-refractivity contribution < 1.29 is 21.0 Å². The normalized spacial score (nSPS) is 15.1. The van der Waals surface area contributed by atoms with E-state index in [9.17, 15) is 16.8 Å². The van der Waals surface area contributed by atoms with Crippen LogP contribution in [0.4, 0.5) is 0 Å². The van der Waals surface area contributed by atoms with Gasteiger partial charge in [0.1, 0.15) is 0 Å². The third-order valence-electron chi connectivity index (χ3n) is 3.95. The maximum atomic E-state index is 11.9. The lowest BCUT2D eigenvalue weighted by atomic mass is 9.97. The van der Waals surface area contributed by atoms with Crippen LogP contribution in [0.5, 0.6) is 5.88 Å². The third-order valence-corrected chi connectivity index (χ3v) is 5.62. The number of hydrogen-bond donors (Lipinski definition) is 0. The summed E-state index contributed by atoms with van der Waals surface area (Å²) in [6.07, 6.45) is 8.48. The van der Waals surface area contributed by atoms with Crippen LogP contribution in [0.25, 0.3) is 5.82 Å². The summed E-state index contributed by atoms with van der Waals surface area (Å²) in [4.78, 5) is 0. The van der Waals surface area contributed by atoms with Gasteiger partial charge in [0.2, 0.25) is 15.9 Å². The van der Waals surface area contributed by atoms with E-state index in [1.165, 1.54) is 29.2 Å². The van der Waals surface area contributed by atoms with Crippen molar-refractivity contribution in [2.24, 2.45) is 0 Å². The Labute approximate surface area is 173 Å². The van der Waals surface area contributed by atoms with Gasteiger partial charge in [-0.1, -0.05) is 30.7 Å². The van der Waals surface area contributed by atoms with Crippen LogP contribution in [-0.4, -0.2) is 53.6 Å². The van der Waals surface area contributed by atoms with E-state index in [0.717, 1.165) is 16.8 Å². The predicted octanol–water partition coefficient (Wildman–Crippen LogP) is 1.60. The molecule has 0 N–H and O–H groups in total. The SMILES string of the molecule is CCc1nn(-c2ccc(Cl)nn2)c(OS(C)(=O)=O)c1C1C=CN(S(C)(=O)=O)C=C1. The summed E-state index contributed by atoms with van der Waals surface area (Å²) in [6, 6.07) is 3.02. The minimum atomic E-state index is -3.90. The van der Waals surface area contributed by atoms with E-state index in [2.05, 4.69) is 15.3 Å². The Balaban J connectivity index is 2.16. The van der Waals surface area contributed by atoms with Gasteiger partial charge in [0.25, 0.3) is 0 Å². The molecule has 0 saturated heterocycles. The average Bonchev–Trinajstić information content (AvgIpc) is 2.98. The lowest BCUT2D eigenvalue weighted by Crippen LogP contribution is -2.21. The first-order chi connectivity index (χ1) is 13.5. The van der Waals surface area contributed by atoms with Crippen molar-refractivity contribution in [1.82, 2.24) is 24.3 Å². The molecule has 1 aliphatic rings. The zero-order chi connectivity index (χ0) is 21.4. The molecule has 1 aliphatic heterocycles. The van der Waals surface area contributed by atoms with Crippen LogP contribution >= 0.6 is 11.6 Å². The van der Waals surface area contributed by atoms with E-state index < -0.39 is 26.1 Å². The smallest absolute Gasteiger partial charge is 0.307 e. The van der Waals surface area contributed by atoms with Crippen molar-refractivity contribution in [1.29, 1.82) is 0 Å². The first-order valence-electron chi connectivity index (χ1n) is 8.35. The Morgan fingerprint density at radius 3 is 2.24 bits per heavy atom. The molecule has 10 nitrogen and oxygen atoms in total. The number of rotatable bonds is 6. The van der Waals surface area contributed by atoms with Gasteiger partial charge in [-0.15, -0.1) is 10.2 Å². The predicted molar refractivity (Wildman–Crippen MR) is 107 cm³/mol. The van der Waals surface area contributed by atoms with E-state index in [1.54, 1.807) is 12.2 Å². The molecule has 0 spiro atoms. The van der Waals surface area contributed by atoms with E-state index >= 15 is 0 Å². The van der Waals surface area contributed by atoms with Crippen LogP contribution in [-0.2, 0) is 26.6 Å². The molecule has 3 rings (SSSR count). The summed E-state index contributed by atoms with van der Waals surface area (Å²) in [5, 5.41) is 12.3. The molecule has 0 amide bonds. The van der Waals surface area contributed by atoms with Crippen LogP contribution < -0.4 is 4.18 Å². The zero-order valence-electron chi connectivity index (χ0n) is 15.7. The fourth-order valence-corrected chi connectivity index (χ4v) is 3.87. The minimum absolute atomic E-state index is 0.0481. The molecule has 0 unspecified atom stereocenters. The molecular weight excluding hydrogens is 442 g/mol. The summed E-state index contributed by atoms with van der Waals surface area (Å²) < 4.78 is 54.8. The summed E-state index contributed by atoms with van der Waals surface area (Å²) in [6.45, 7) is 1.85. The highest BCUT2D eigenvalue weighted by molar-refractivity contribution is 7.88. The quantitative estimate of drug-likeness (QED) is 0.596. The highest BCUT2D eigenvalue weighted by Gasteiger charge is 2.28. The van der Waals surface area contributed by atoms with Gasteiger partial charge in [-0.2, -0.15) is 18.2 Å². The molecule has 2 aromatic heterocycles. The maximum Gasteiger partial charge on any atom is 0.307 e. The second-order valence-electron chi connectivity index (χ2n) is 6.23. The van der Waals surface area contributed by atoms with Gasteiger partial charge in [-0.05, 0) is 18.6 Å². The highest BCUT2D eigenvalue weighted by atomic mass is 35.5. The number of nitrogens with zero attached hydrogens (tertiary/aromatic N) is 5. The average molecular weight is 460 g/mol. The van der Waals surface area contributed by atoms with Crippen molar-refractivity contribution in [3.05, 3.63) is 53.1 Å².